The summed E-state index contributed by atoms with van der Waals surface area (Å²) >= 11 is 3.67. The van der Waals surface area contributed by atoms with Gasteiger partial charge in [0, 0.05) is 24.1 Å². The van der Waals surface area contributed by atoms with E-state index < -0.39 is 0 Å². The minimum Gasteiger partial charge on any atom is -0.361 e. The highest BCUT2D eigenvalue weighted by Gasteiger charge is 2.20. The molecule has 2 heterocycles. The fourth-order valence-corrected chi connectivity index (χ4v) is 3.78. The lowest BCUT2D eigenvalue weighted by molar-refractivity contribution is 0.112. The summed E-state index contributed by atoms with van der Waals surface area (Å²) in [6.07, 6.45) is 2.16. The number of carbonyl (C=O) groups excluding carboxylic acids is 1. The number of hydrogen-bond acceptors (Lipinski definition) is 4. The zero-order valence-corrected chi connectivity index (χ0v) is 10.4. The van der Waals surface area contributed by atoms with Crippen LogP contribution in [0.4, 0.5) is 5.00 Å². The molecule has 1 atom stereocenters. The van der Waals surface area contributed by atoms with Crippen molar-refractivity contribution in [3.05, 3.63) is 17.0 Å². The Kier molecular flexibility index (Phi) is 3.70. The van der Waals surface area contributed by atoms with Crippen LogP contribution in [-0.2, 0) is 0 Å². The minimum atomic E-state index is 0.750. The number of aldehydes is 1. The third-order valence-electron chi connectivity index (χ3n) is 2.63. The summed E-state index contributed by atoms with van der Waals surface area (Å²) in [6, 6.07) is 3.98. The standard InChI is InChI=1S/C11H15NOS2/c1-2-9-7-12(5-6-14-9)11-4-3-10(8-13)15-11/h3-4,8-9H,2,5-7H2,1H3. The van der Waals surface area contributed by atoms with Crippen molar-refractivity contribution in [3.63, 3.8) is 0 Å². The van der Waals surface area contributed by atoms with Gasteiger partial charge in [0.05, 0.1) is 9.88 Å². The van der Waals surface area contributed by atoms with Crippen LogP contribution in [0.1, 0.15) is 23.0 Å². The molecule has 1 fully saturated rings. The Morgan fingerprint density at radius 3 is 3.13 bits per heavy atom. The molecule has 1 aliphatic rings. The van der Waals surface area contributed by atoms with Gasteiger partial charge in [0.1, 0.15) is 0 Å². The molecular formula is C11H15NOS2. The van der Waals surface area contributed by atoms with E-state index in [9.17, 15) is 4.79 Å². The van der Waals surface area contributed by atoms with E-state index in [2.05, 4.69) is 29.7 Å². The molecule has 0 aromatic carbocycles. The van der Waals surface area contributed by atoms with Gasteiger partial charge in [-0.2, -0.15) is 11.8 Å². The maximum atomic E-state index is 10.6. The smallest absolute Gasteiger partial charge is 0.160 e. The van der Waals surface area contributed by atoms with Crippen LogP contribution >= 0.6 is 23.1 Å². The maximum Gasteiger partial charge on any atom is 0.160 e. The van der Waals surface area contributed by atoms with Crippen molar-refractivity contribution in [2.24, 2.45) is 0 Å². The second kappa shape index (κ2) is 5.03. The van der Waals surface area contributed by atoms with Crippen molar-refractivity contribution in [1.29, 1.82) is 0 Å². The minimum absolute atomic E-state index is 0.750. The number of thiophene rings is 1. The van der Waals surface area contributed by atoms with Gasteiger partial charge in [-0.1, -0.05) is 6.92 Å². The molecule has 15 heavy (non-hydrogen) atoms. The average molecular weight is 241 g/mol. The first-order valence-electron chi connectivity index (χ1n) is 5.25. The molecular weight excluding hydrogens is 226 g/mol. The molecule has 2 rings (SSSR count). The Bertz CT molecular complexity index is 337. The third kappa shape index (κ3) is 2.55. The molecule has 1 aliphatic heterocycles. The Hall–Kier alpha value is -0.480. The van der Waals surface area contributed by atoms with E-state index in [0.29, 0.717) is 0 Å². The van der Waals surface area contributed by atoms with E-state index in [1.165, 1.54) is 17.2 Å². The average Bonchev–Trinajstić information content (AvgIpc) is 2.78. The Morgan fingerprint density at radius 1 is 1.60 bits per heavy atom. The van der Waals surface area contributed by atoms with Crippen molar-refractivity contribution in [2.45, 2.75) is 18.6 Å². The normalized spacial score (nSPS) is 21.7. The van der Waals surface area contributed by atoms with Crippen molar-refractivity contribution >= 4 is 34.4 Å². The second-order valence-corrected chi connectivity index (χ2v) is 6.14. The molecule has 0 bridgehead atoms. The summed E-state index contributed by atoms with van der Waals surface area (Å²) in [7, 11) is 0. The number of nitrogens with zero attached hydrogens (tertiary/aromatic N) is 1. The van der Waals surface area contributed by atoms with Gasteiger partial charge in [-0.15, -0.1) is 11.3 Å². The van der Waals surface area contributed by atoms with E-state index in [0.717, 1.165) is 29.5 Å². The monoisotopic (exact) mass is 241 g/mol. The number of hydrogen-bond donors (Lipinski definition) is 0. The summed E-state index contributed by atoms with van der Waals surface area (Å²) in [5.74, 6) is 1.20. The summed E-state index contributed by atoms with van der Waals surface area (Å²) < 4.78 is 0. The summed E-state index contributed by atoms with van der Waals surface area (Å²) in [6.45, 7) is 4.48. The van der Waals surface area contributed by atoms with Gasteiger partial charge in [-0.3, -0.25) is 4.79 Å². The fourth-order valence-electron chi connectivity index (χ4n) is 1.74. The fraction of sp³-hybridized carbons (Fsp3) is 0.545. The van der Waals surface area contributed by atoms with Crippen molar-refractivity contribution in [1.82, 2.24) is 0 Å². The van der Waals surface area contributed by atoms with Crippen LogP contribution in [0.15, 0.2) is 12.1 Å². The molecule has 1 saturated heterocycles. The van der Waals surface area contributed by atoms with Gasteiger partial charge < -0.3 is 4.90 Å². The number of thioether (sulfide) groups is 1. The largest absolute Gasteiger partial charge is 0.361 e. The van der Waals surface area contributed by atoms with E-state index in [4.69, 9.17) is 0 Å². The first-order chi connectivity index (χ1) is 7.33. The Labute approximate surface area is 98.7 Å². The highest BCUT2D eigenvalue weighted by molar-refractivity contribution is 8.00. The predicted octanol–water partition coefficient (Wildman–Crippen LogP) is 2.89. The van der Waals surface area contributed by atoms with Gasteiger partial charge in [0.25, 0.3) is 0 Å². The van der Waals surface area contributed by atoms with Crippen LogP contribution in [-0.4, -0.2) is 30.4 Å². The second-order valence-electron chi connectivity index (χ2n) is 3.64. The first kappa shape index (κ1) is 11.0. The molecule has 1 aromatic heterocycles. The summed E-state index contributed by atoms with van der Waals surface area (Å²) in [5.41, 5.74) is 0. The molecule has 1 aromatic rings. The maximum absolute atomic E-state index is 10.6. The molecule has 0 spiro atoms. The van der Waals surface area contributed by atoms with E-state index >= 15 is 0 Å². The quantitative estimate of drug-likeness (QED) is 0.759. The third-order valence-corrected chi connectivity index (χ3v) is 5.08. The lowest BCUT2D eigenvalue weighted by atomic mass is 10.3. The van der Waals surface area contributed by atoms with E-state index in [1.807, 2.05) is 6.07 Å². The van der Waals surface area contributed by atoms with Crippen LogP contribution in [0.2, 0.25) is 0 Å². The van der Waals surface area contributed by atoms with Crippen LogP contribution in [0.5, 0.6) is 0 Å². The van der Waals surface area contributed by atoms with Gasteiger partial charge >= 0.3 is 0 Å². The first-order valence-corrected chi connectivity index (χ1v) is 7.11. The molecule has 4 heteroatoms. The lowest BCUT2D eigenvalue weighted by Crippen LogP contribution is -2.37. The van der Waals surface area contributed by atoms with Crippen molar-refractivity contribution in [3.8, 4) is 0 Å². The highest BCUT2D eigenvalue weighted by atomic mass is 32.2. The zero-order chi connectivity index (χ0) is 10.7. The van der Waals surface area contributed by atoms with Gasteiger partial charge in [-0.25, -0.2) is 0 Å². The summed E-state index contributed by atoms with van der Waals surface area (Å²) in [5, 5.41) is 2.00. The molecule has 0 radical (unpaired) electrons. The molecule has 0 amide bonds. The van der Waals surface area contributed by atoms with Crippen LogP contribution in [0, 0.1) is 0 Å². The van der Waals surface area contributed by atoms with Crippen molar-refractivity contribution < 1.29 is 4.79 Å². The van der Waals surface area contributed by atoms with Crippen LogP contribution in [0.25, 0.3) is 0 Å². The molecule has 82 valence electrons. The summed E-state index contributed by atoms with van der Waals surface area (Å²) in [4.78, 5) is 13.8. The Morgan fingerprint density at radius 2 is 2.47 bits per heavy atom. The molecule has 0 saturated carbocycles. The SMILES string of the molecule is CCC1CN(c2ccc(C=O)s2)CCS1. The molecule has 1 unspecified atom stereocenters. The van der Waals surface area contributed by atoms with Crippen LogP contribution in [0.3, 0.4) is 0 Å². The van der Waals surface area contributed by atoms with Gasteiger partial charge in [0.2, 0.25) is 0 Å². The van der Waals surface area contributed by atoms with Gasteiger partial charge in [-0.05, 0) is 18.6 Å². The molecule has 0 N–H and O–H groups in total. The zero-order valence-electron chi connectivity index (χ0n) is 8.81. The van der Waals surface area contributed by atoms with Crippen molar-refractivity contribution in [2.75, 3.05) is 23.7 Å². The number of rotatable bonds is 3. The van der Waals surface area contributed by atoms with Crippen LogP contribution < -0.4 is 4.90 Å². The Balaban J connectivity index is 2.06. The number of carbonyl (C=O) groups is 1. The molecule has 0 aliphatic carbocycles. The highest BCUT2D eigenvalue weighted by Crippen LogP contribution is 2.30. The van der Waals surface area contributed by atoms with E-state index in [-0.39, 0.29) is 0 Å². The number of anilines is 1. The predicted molar refractivity (Wildman–Crippen MR) is 68.5 cm³/mol. The lowest BCUT2D eigenvalue weighted by Gasteiger charge is -2.32. The van der Waals surface area contributed by atoms with Gasteiger partial charge in [0.15, 0.2) is 6.29 Å². The topological polar surface area (TPSA) is 20.3 Å². The van der Waals surface area contributed by atoms with E-state index in [1.54, 1.807) is 11.3 Å². The molecule has 2 nitrogen and oxygen atoms in total.